The van der Waals surface area contributed by atoms with Crippen molar-refractivity contribution in [2.75, 3.05) is 32.9 Å². The Morgan fingerprint density at radius 3 is 2.31 bits per heavy atom. The predicted molar refractivity (Wildman–Crippen MR) is 130 cm³/mol. The molecule has 4 rings (SSSR count). The number of nitrogens with one attached hydrogen (secondary N) is 1. The number of carboxylic acids is 1. The van der Waals surface area contributed by atoms with Crippen molar-refractivity contribution in [3.8, 4) is 11.1 Å². The molecule has 0 radical (unpaired) electrons. The van der Waals surface area contributed by atoms with Crippen molar-refractivity contribution in [3.05, 3.63) is 59.7 Å². The number of alkyl carbamates (subject to hydrolysis) is 1. The van der Waals surface area contributed by atoms with Gasteiger partial charge in [-0.3, -0.25) is 9.59 Å². The van der Waals surface area contributed by atoms with E-state index in [4.69, 9.17) is 14.6 Å². The van der Waals surface area contributed by atoms with Gasteiger partial charge >= 0.3 is 12.1 Å². The topological polar surface area (TPSA) is 105 Å². The second-order valence-corrected chi connectivity index (χ2v) is 8.99. The van der Waals surface area contributed by atoms with E-state index in [0.29, 0.717) is 25.9 Å². The fraction of sp³-hybridized carbons (Fsp3) is 0.444. The summed E-state index contributed by atoms with van der Waals surface area (Å²) in [4.78, 5) is 38.2. The number of carbonyl (C=O) groups is 3. The van der Waals surface area contributed by atoms with Crippen LogP contribution < -0.4 is 5.32 Å². The molecule has 0 bridgehead atoms. The summed E-state index contributed by atoms with van der Waals surface area (Å²) in [6.07, 6.45) is 0.653. The molecule has 35 heavy (non-hydrogen) atoms. The summed E-state index contributed by atoms with van der Waals surface area (Å²) in [5.41, 5.74) is 4.60. The molecule has 0 aromatic heterocycles. The second-order valence-electron chi connectivity index (χ2n) is 8.99. The zero-order chi connectivity index (χ0) is 24.8. The smallest absolute Gasteiger partial charge is 0.407 e. The number of hydrogen-bond acceptors (Lipinski definition) is 5. The van der Waals surface area contributed by atoms with Crippen LogP contribution in [0.4, 0.5) is 4.79 Å². The number of hydrogen-bond donors (Lipinski definition) is 2. The third-order valence-electron chi connectivity index (χ3n) is 6.81. The molecule has 2 unspecified atom stereocenters. The highest BCUT2D eigenvalue weighted by Crippen LogP contribution is 2.44. The summed E-state index contributed by atoms with van der Waals surface area (Å²) in [5.74, 6) is -1.46. The van der Waals surface area contributed by atoms with E-state index in [9.17, 15) is 14.4 Å². The minimum atomic E-state index is -0.837. The van der Waals surface area contributed by atoms with Gasteiger partial charge in [-0.15, -0.1) is 0 Å². The SMILES string of the molecule is CCN(CCCCC(=O)O)C(=O)C1COCC1NC(=O)OCC1c2ccccc2-c2ccccc21. The molecule has 8 heteroatoms. The van der Waals surface area contributed by atoms with Crippen molar-refractivity contribution in [1.29, 1.82) is 0 Å². The Labute approximate surface area is 205 Å². The summed E-state index contributed by atoms with van der Waals surface area (Å²) in [5, 5.41) is 11.6. The Balaban J connectivity index is 1.32. The van der Waals surface area contributed by atoms with Crippen molar-refractivity contribution < 1.29 is 29.0 Å². The standard InChI is InChI=1S/C27H32N2O6/c1-2-29(14-8-7-13-25(30)31)26(32)23-15-34-17-24(23)28-27(33)35-16-22-20-11-5-3-9-18(20)19-10-4-6-12-21(19)22/h3-6,9-12,22-24H,2,7-8,13-17H2,1H3,(H,28,33)(H,30,31). The lowest BCUT2D eigenvalue weighted by Crippen LogP contribution is -2.48. The van der Waals surface area contributed by atoms with Gasteiger partial charge in [0.05, 0.1) is 25.2 Å². The van der Waals surface area contributed by atoms with E-state index in [-0.39, 0.29) is 38.1 Å². The van der Waals surface area contributed by atoms with Crippen molar-refractivity contribution in [3.63, 3.8) is 0 Å². The monoisotopic (exact) mass is 480 g/mol. The van der Waals surface area contributed by atoms with Crippen molar-refractivity contribution in [2.24, 2.45) is 5.92 Å². The highest BCUT2D eigenvalue weighted by atomic mass is 16.5. The first-order valence-corrected chi connectivity index (χ1v) is 12.2. The highest BCUT2D eigenvalue weighted by molar-refractivity contribution is 5.81. The number of ether oxygens (including phenoxy) is 2. The molecule has 0 saturated carbocycles. The lowest BCUT2D eigenvalue weighted by Gasteiger charge is -2.26. The molecule has 1 aliphatic heterocycles. The van der Waals surface area contributed by atoms with Gasteiger partial charge in [0.15, 0.2) is 0 Å². The van der Waals surface area contributed by atoms with Crippen LogP contribution in [0, 0.1) is 5.92 Å². The third-order valence-corrected chi connectivity index (χ3v) is 6.81. The van der Waals surface area contributed by atoms with Crippen LogP contribution >= 0.6 is 0 Å². The maximum Gasteiger partial charge on any atom is 0.407 e. The minimum Gasteiger partial charge on any atom is -0.481 e. The molecule has 1 fully saturated rings. The molecule has 2 aromatic rings. The van der Waals surface area contributed by atoms with E-state index < -0.39 is 24.0 Å². The third kappa shape index (κ3) is 5.65. The van der Waals surface area contributed by atoms with Gasteiger partial charge in [0.25, 0.3) is 0 Å². The van der Waals surface area contributed by atoms with Crippen LogP contribution in [0.5, 0.6) is 0 Å². The molecule has 1 heterocycles. The maximum absolute atomic E-state index is 13.1. The number of carbonyl (C=O) groups excluding carboxylic acids is 2. The van der Waals surface area contributed by atoms with E-state index in [1.54, 1.807) is 4.90 Å². The minimum absolute atomic E-state index is 0.0354. The molecule has 2 atom stereocenters. The average Bonchev–Trinajstić information content (AvgIpc) is 3.44. The zero-order valence-electron chi connectivity index (χ0n) is 19.9. The lowest BCUT2D eigenvalue weighted by atomic mass is 9.98. The van der Waals surface area contributed by atoms with Gasteiger partial charge in [0.1, 0.15) is 6.61 Å². The molecular weight excluding hydrogens is 448 g/mol. The van der Waals surface area contributed by atoms with Gasteiger partial charge in [-0.1, -0.05) is 48.5 Å². The van der Waals surface area contributed by atoms with E-state index >= 15 is 0 Å². The molecule has 8 nitrogen and oxygen atoms in total. The lowest BCUT2D eigenvalue weighted by molar-refractivity contribution is -0.137. The normalized spacial score (nSPS) is 18.5. The summed E-state index contributed by atoms with van der Waals surface area (Å²) in [6.45, 7) is 3.57. The average molecular weight is 481 g/mol. The molecule has 186 valence electrons. The Kier molecular flexibility index (Phi) is 8.02. The Morgan fingerprint density at radius 1 is 1.03 bits per heavy atom. The number of nitrogens with zero attached hydrogens (tertiary/aromatic N) is 1. The van der Waals surface area contributed by atoms with Gasteiger partial charge < -0.3 is 24.8 Å². The number of benzene rings is 2. The Bertz CT molecular complexity index is 1030. The van der Waals surface area contributed by atoms with E-state index in [1.165, 1.54) is 0 Å². The molecule has 2 aromatic carbocycles. The molecule has 1 saturated heterocycles. The van der Waals surface area contributed by atoms with Crippen LogP contribution in [-0.2, 0) is 19.1 Å². The van der Waals surface area contributed by atoms with Crippen LogP contribution in [0.25, 0.3) is 11.1 Å². The summed E-state index contributed by atoms with van der Waals surface area (Å²) >= 11 is 0. The number of rotatable bonds is 10. The van der Waals surface area contributed by atoms with Crippen molar-refractivity contribution >= 4 is 18.0 Å². The Morgan fingerprint density at radius 2 is 1.69 bits per heavy atom. The van der Waals surface area contributed by atoms with Crippen LogP contribution in [0.3, 0.4) is 0 Å². The largest absolute Gasteiger partial charge is 0.481 e. The van der Waals surface area contributed by atoms with Crippen molar-refractivity contribution in [1.82, 2.24) is 10.2 Å². The summed E-state index contributed by atoms with van der Waals surface area (Å²) in [7, 11) is 0. The first-order valence-electron chi connectivity index (χ1n) is 12.2. The number of carboxylic acid groups (broad SMARTS) is 1. The summed E-state index contributed by atoms with van der Waals surface area (Å²) in [6, 6.07) is 15.8. The van der Waals surface area contributed by atoms with Crippen LogP contribution in [-0.4, -0.2) is 66.9 Å². The number of aliphatic carboxylic acids is 1. The Hall–Kier alpha value is -3.39. The molecule has 2 aliphatic rings. The fourth-order valence-electron chi connectivity index (χ4n) is 4.97. The number of fused-ring (bicyclic) bond motifs is 3. The van der Waals surface area contributed by atoms with Gasteiger partial charge in [0, 0.05) is 25.4 Å². The van der Waals surface area contributed by atoms with E-state index in [2.05, 4.69) is 29.6 Å². The zero-order valence-corrected chi connectivity index (χ0v) is 19.9. The summed E-state index contributed by atoms with van der Waals surface area (Å²) < 4.78 is 11.2. The van der Waals surface area contributed by atoms with Crippen LogP contribution in [0.1, 0.15) is 43.2 Å². The molecule has 2 N–H and O–H groups in total. The highest BCUT2D eigenvalue weighted by Gasteiger charge is 2.38. The molecular formula is C27H32N2O6. The van der Waals surface area contributed by atoms with Gasteiger partial charge in [-0.05, 0) is 42.0 Å². The molecule has 1 aliphatic carbocycles. The number of unbranched alkanes of at least 4 members (excludes halogenated alkanes) is 1. The quantitative estimate of drug-likeness (QED) is 0.503. The van der Waals surface area contributed by atoms with E-state index in [1.807, 2.05) is 31.2 Å². The second kappa shape index (κ2) is 11.4. The van der Waals surface area contributed by atoms with Crippen LogP contribution in [0.15, 0.2) is 48.5 Å². The van der Waals surface area contributed by atoms with Gasteiger partial charge in [-0.2, -0.15) is 0 Å². The van der Waals surface area contributed by atoms with Crippen LogP contribution in [0.2, 0.25) is 0 Å². The first-order chi connectivity index (χ1) is 17.0. The fourth-order valence-corrected chi connectivity index (χ4v) is 4.97. The maximum atomic E-state index is 13.1. The van der Waals surface area contributed by atoms with E-state index in [0.717, 1.165) is 22.3 Å². The molecule has 0 spiro atoms. The number of amides is 2. The molecule has 2 amide bonds. The van der Waals surface area contributed by atoms with Gasteiger partial charge in [-0.25, -0.2) is 4.79 Å². The van der Waals surface area contributed by atoms with Gasteiger partial charge in [0.2, 0.25) is 5.91 Å². The van der Waals surface area contributed by atoms with Crippen molar-refractivity contribution in [2.45, 2.75) is 38.1 Å². The predicted octanol–water partition coefficient (Wildman–Crippen LogP) is 3.64. The first kappa shape index (κ1) is 24.7.